The number of aromatic nitrogens is 1. The van der Waals surface area contributed by atoms with E-state index in [9.17, 15) is 22.7 Å². The number of halogens is 1. The van der Waals surface area contributed by atoms with Crippen molar-refractivity contribution in [2.45, 2.75) is 30.9 Å². The minimum atomic E-state index is -4.07. The number of carbonyl (C=O) groups is 1. The van der Waals surface area contributed by atoms with E-state index in [2.05, 4.69) is 0 Å². The van der Waals surface area contributed by atoms with Crippen molar-refractivity contribution in [2.24, 2.45) is 0 Å². The van der Waals surface area contributed by atoms with E-state index < -0.39 is 21.8 Å². The Balaban J connectivity index is 2.15. The number of hydrogen-bond donors (Lipinski definition) is 3. The van der Waals surface area contributed by atoms with Crippen LogP contribution in [0.3, 0.4) is 0 Å². The van der Waals surface area contributed by atoms with Crippen molar-refractivity contribution in [2.75, 3.05) is 0 Å². The van der Waals surface area contributed by atoms with E-state index in [-0.39, 0.29) is 39.6 Å². The number of nitrogens with one attached hydrogen (secondary N) is 1. The van der Waals surface area contributed by atoms with E-state index in [4.69, 9.17) is 10.5 Å². The van der Waals surface area contributed by atoms with Crippen molar-refractivity contribution in [3.05, 3.63) is 58.5 Å². The van der Waals surface area contributed by atoms with Gasteiger partial charge in [0, 0.05) is 34.2 Å². The van der Waals surface area contributed by atoms with E-state index >= 15 is 0 Å². The molecule has 0 aliphatic heterocycles. The van der Waals surface area contributed by atoms with Gasteiger partial charge in [0.05, 0.1) is 11.3 Å². The van der Waals surface area contributed by atoms with Gasteiger partial charge in [-0.2, -0.15) is 8.42 Å². The molecule has 0 saturated heterocycles. The molecule has 2 heterocycles. The number of carboxylic acid groups (broad SMARTS) is 1. The van der Waals surface area contributed by atoms with Crippen LogP contribution >= 0.6 is 11.3 Å². The second-order valence-electron chi connectivity index (χ2n) is 6.71. The third kappa shape index (κ3) is 4.01. The maximum absolute atomic E-state index is 13.8. The molecule has 10 heteroatoms. The molecule has 0 spiro atoms. The molecule has 158 valence electrons. The average Bonchev–Trinajstić information content (AvgIpc) is 3.25. The summed E-state index contributed by atoms with van der Waals surface area (Å²) >= 11 is 0.903. The Kier molecular flexibility index (Phi) is 5.82. The van der Waals surface area contributed by atoms with Crippen LogP contribution in [0.2, 0.25) is 0 Å². The van der Waals surface area contributed by atoms with E-state index in [0.29, 0.717) is 15.8 Å². The van der Waals surface area contributed by atoms with Gasteiger partial charge in [-0.3, -0.25) is 4.79 Å². The molecule has 0 fully saturated rings. The number of aliphatic hydroxyl groups excluding tert-OH is 1. The maximum Gasteiger partial charge on any atom is 0.303 e. The second kappa shape index (κ2) is 8.04. The third-order valence-electron chi connectivity index (χ3n) is 4.50. The van der Waals surface area contributed by atoms with Gasteiger partial charge in [0.15, 0.2) is 0 Å². The van der Waals surface area contributed by atoms with Crippen LogP contribution < -0.4 is 0 Å². The van der Waals surface area contributed by atoms with Gasteiger partial charge in [-0.1, -0.05) is 0 Å². The monoisotopic (exact) mass is 450 g/mol. The molecule has 0 radical (unpaired) electrons. The molecule has 0 amide bonds. The van der Waals surface area contributed by atoms with Crippen molar-refractivity contribution in [3.8, 4) is 0 Å². The van der Waals surface area contributed by atoms with Crippen molar-refractivity contribution < 1.29 is 27.8 Å². The molecule has 1 aromatic carbocycles. The molecule has 3 N–H and O–H groups in total. The smallest absolute Gasteiger partial charge is 0.303 e. The number of aryl methyl sites for hydroxylation is 1. The number of aliphatic hydroxyl groups is 1. The average molecular weight is 451 g/mol. The number of benzene rings is 1. The predicted molar refractivity (Wildman–Crippen MR) is 113 cm³/mol. The second-order valence-corrected chi connectivity index (χ2v) is 9.84. The highest BCUT2D eigenvalue weighted by atomic mass is 32.2. The molecule has 0 atom stereocenters. The lowest BCUT2D eigenvalue weighted by molar-refractivity contribution is -0.136. The fourth-order valence-corrected chi connectivity index (χ4v) is 6.14. The zero-order valence-electron chi connectivity index (χ0n) is 16.1. The van der Waals surface area contributed by atoms with Gasteiger partial charge >= 0.3 is 5.97 Å². The van der Waals surface area contributed by atoms with Crippen LogP contribution in [0.1, 0.15) is 30.7 Å². The van der Waals surface area contributed by atoms with Gasteiger partial charge in [-0.15, -0.1) is 11.3 Å². The minimum absolute atomic E-state index is 0.0245. The van der Waals surface area contributed by atoms with Crippen LogP contribution in [0.25, 0.3) is 16.5 Å². The number of fused-ring (bicyclic) bond motifs is 1. The molecule has 0 bridgehead atoms. The number of rotatable bonds is 7. The summed E-state index contributed by atoms with van der Waals surface area (Å²) in [6, 6.07) is 6.57. The largest absolute Gasteiger partial charge is 0.512 e. The van der Waals surface area contributed by atoms with Crippen LogP contribution in [0.4, 0.5) is 4.39 Å². The van der Waals surface area contributed by atoms with Crippen LogP contribution in [-0.2, 0) is 21.2 Å². The first-order chi connectivity index (χ1) is 14.0. The van der Waals surface area contributed by atoms with Crippen LogP contribution in [0.15, 0.2) is 46.5 Å². The molecular weight excluding hydrogens is 431 g/mol. The third-order valence-corrected chi connectivity index (χ3v) is 7.74. The Morgan fingerprint density at radius 1 is 1.20 bits per heavy atom. The number of hydrogen-bond acceptors (Lipinski definition) is 6. The fraction of sp³-hybridized carbons (Fsp3) is 0.200. The van der Waals surface area contributed by atoms with Gasteiger partial charge in [0.1, 0.15) is 10.0 Å². The first-order valence-electron chi connectivity index (χ1n) is 8.84. The van der Waals surface area contributed by atoms with Crippen LogP contribution in [0, 0.1) is 11.2 Å². The standard InChI is InChI=1S/C20H19FN2O5S2/c1-11(22)20(12(2)24)17-6-8-19(29-17)30(27,28)23-10-13(3-7-18(25)26)15-9-14(21)4-5-16(15)23/h4-6,8-10,22,24H,3,7H2,1-2H3,(H,25,26)/b20-12+,22-11?. The van der Waals surface area contributed by atoms with Crippen molar-refractivity contribution in [1.29, 1.82) is 5.41 Å². The molecule has 3 aromatic rings. The van der Waals surface area contributed by atoms with E-state index in [0.717, 1.165) is 21.4 Å². The van der Waals surface area contributed by atoms with E-state index in [1.165, 1.54) is 44.3 Å². The molecule has 2 aromatic heterocycles. The molecule has 3 rings (SSSR count). The maximum atomic E-state index is 13.8. The Morgan fingerprint density at radius 2 is 1.90 bits per heavy atom. The normalized spacial score (nSPS) is 12.8. The van der Waals surface area contributed by atoms with Gasteiger partial charge < -0.3 is 15.6 Å². The van der Waals surface area contributed by atoms with Gasteiger partial charge in [0.2, 0.25) is 0 Å². The summed E-state index contributed by atoms with van der Waals surface area (Å²) in [5, 5.41) is 26.9. The molecule has 0 aliphatic carbocycles. The zero-order chi connectivity index (χ0) is 22.2. The number of aliphatic carboxylic acids is 1. The van der Waals surface area contributed by atoms with Crippen LogP contribution in [-0.4, -0.2) is 34.3 Å². The quantitative estimate of drug-likeness (QED) is 0.363. The lowest BCUT2D eigenvalue weighted by Crippen LogP contribution is -2.10. The molecule has 7 nitrogen and oxygen atoms in total. The van der Waals surface area contributed by atoms with Crippen LogP contribution in [0.5, 0.6) is 0 Å². The summed E-state index contributed by atoms with van der Waals surface area (Å²) < 4.78 is 41.3. The molecular formula is C20H19FN2O5S2. The Labute approximate surface area is 176 Å². The summed E-state index contributed by atoms with van der Waals surface area (Å²) in [5.41, 5.74) is 1.00. The van der Waals surface area contributed by atoms with Gasteiger partial charge in [-0.25, -0.2) is 8.36 Å². The zero-order valence-corrected chi connectivity index (χ0v) is 17.8. The lowest BCUT2D eigenvalue weighted by Gasteiger charge is -2.06. The SMILES string of the molecule is CC(=N)/C(=C(/C)O)c1ccc(S(=O)(=O)n2cc(CCC(=O)O)c3cc(F)ccc32)s1. The number of thiophene rings is 1. The highest BCUT2D eigenvalue weighted by Gasteiger charge is 2.25. The van der Waals surface area contributed by atoms with Crippen molar-refractivity contribution >= 4 is 49.5 Å². The lowest BCUT2D eigenvalue weighted by atomic mass is 10.1. The molecule has 30 heavy (non-hydrogen) atoms. The summed E-state index contributed by atoms with van der Waals surface area (Å²) in [4.78, 5) is 11.4. The summed E-state index contributed by atoms with van der Waals surface area (Å²) in [5.74, 6) is -1.69. The van der Waals surface area contributed by atoms with E-state index in [1.54, 1.807) is 0 Å². The van der Waals surface area contributed by atoms with E-state index in [1.807, 2.05) is 0 Å². The number of carboxylic acids is 1. The van der Waals surface area contributed by atoms with Gasteiger partial charge in [0.25, 0.3) is 10.0 Å². The summed E-state index contributed by atoms with van der Waals surface area (Å²) in [6.45, 7) is 2.91. The molecule has 0 saturated carbocycles. The Hall–Kier alpha value is -2.98. The molecule has 0 aliphatic rings. The first-order valence-corrected chi connectivity index (χ1v) is 11.1. The summed E-state index contributed by atoms with van der Waals surface area (Å²) in [6.07, 6.45) is 1.15. The topological polar surface area (TPSA) is 120 Å². The van der Waals surface area contributed by atoms with Crippen molar-refractivity contribution in [3.63, 3.8) is 0 Å². The highest BCUT2D eigenvalue weighted by Crippen LogP contribution is 2.33. The highest BCUT2D eigenvalue weighted by molar-refractivity contribution is 7.92. The molecule has 0 unspecified atom stereocenters. The van der Waals surface area contributed by atoms with Crippen molar-refractivity contribution in [1.82, 2.24) is 3.97 Å². The Morgan fingerprint density at radius 3 is 2.50 bits per heavy atom. The summed E-state index contributed by atoms with van der Waals surface area (Å²) in [7, 11) is -4.07. The predicted octanol–water partition coefficient (Wildman–Crippen LogP) is 4.42. The number of allylic oxidation sites excluding steroid dienone is 2. The number of nitrogens with zero attached hydrogens (tertiary/aromatic N) is 1. The first kappa shape index (κ1) is 21.7. The minimum Gasteiger partial charge on any atom is -0.512 e. The fourth-order valence-electron chi connectivity index (χ4n) is 3.20. The van der Waals surface area contributed by atoms with Gasteiger partial charge in [-0.05, 0) is 56.2 Å². The Bertz CT molecular complexity index is 1300.